The Bertz CT molecular complexity index is 845. The summed E-state index contributed by atoms with van der Waals surface area (Å²) in [5.41, 5.74) is 2.27. The molecule has 0 aromatic heterocycles. The van der Waals surface area contributed by atoms with Crippen LogP contribution < -0.4 is 9.47 Å². The van der Waals surface area contributed by atoms with Crippen molar-refractivity contribution in [1.82, 2.24) is 0 Å². The Morgan fingerprint density at radius 3 is 2.43 bits per heavy atom. The molecule has 1 aliphatic heterocycles. The van der Waals surface area contributed by atoms with E-state index in [1.54, 1.807) is 21.3 Å². The SMILES string of the molecule is COc1ccc(C2C=C(c3ccccc3)OC3(OC)CCCCC23)cc1OC. The minimum absolute atomic E-state index is 0.184. The molecule has 1 fully saturated rings. The monoisotopic (exact) mass is 380 g/mol. The average Bonchev–Trinajstić information content (AvgIpc) is 2.78. The summed E-state index contributed by atoms with van der Waals surface area (Å²) in [6, 6.07) is 16.5. The summed E-state index contributed by atoms with van der Waals surface area (Å²) in [4.78, 5) is 0. The normalized spacial score (nSPS) is 26.6. The van der Waals surface area contributed by atoms with Gasteiger partial charge in [0.05, 0.1) is 14.2 Å². The van der Waals surface area contributed by atoms with E-state index >= 15 is 0 Å². The quantitative estimate of drug-likeness (QED) is 0.697. The number of hydrogen-bond acceptors (Lipinski definition) is 4. The first kappa shape index (κ1) is 18.9. The maximum Gasteiger partial charge on any atom is 0.214 e. The summed E-state index contributed by atoms with van der Waals surface area (Å²) in [6.45, 7) is 0. The Labute approximate surface area is 167 Å². The van der Waals surface area contributed by atoms with E-state index in [0.717, 1.165) is 42.1 Å². The number of hydrogen-bond donors (Lipinski definition) is 0. The number of methoxy groups -OCH3 is 3. The molecule has 4 nitrogen and oxygen atoms in total. The lowest BCUT2D eigenvalue weighted by Crippen LogP contribution is -2.49. The third kappa shape index (κ3) is 3.26. The first-order chi connectivity index (χ1) is 13.7. The number of benzene rings is 2. The topological polar surface area (TPSA) is 36.9 Å². The van der Waals surface area contributed by atoms with Gasteiger partial charge in [0.2, 0.25) is 5.79 Å². The molecule has 4 rings (SSSR count). The van der Waals surface area contributed by atoms with Crippen LogP contribution in [0.25, 0.3) is 5.76 Å². The largest absolute Gasteiger partial charge is 0.493 e. The maximum absolute atomic E-state index is 6.55. The predicted octanol–water partition coefficient (Wildman–Crippen LogP) is 5.39. The van der Waals surface area contributed by atoms with Crippen molar-refractivity contribution in [2.75, 3.05) is 21.3 Å². The average molecular weight is 380 g/mol. The van der Waals surface area contributed by atoms with E-state index < -0.39 is 5.79 Å². The Kier molecular flexibility index (Phi) is 5.31. The first-order valence-corrected chi connectivity index (χ1v) is 9.94. The molecule has 0 N–H and O–H groups in total. The molecule has 0 spiro atoms. The Morgan fingerprint density at radius 2 is 1.71 bits per heavy atom. The van der Waals surface area contributed by atoms with Gasteiger partial charge in [0.1, 0.15) is 5.76 Å². The van der Waals surface area contributed by atoms with Crippen molar-refractivity contribution < 1.29 is 18.9 Å². The van der Waals surface area contributed by atoms with Crippen molar-refractivity contribution in [2.24, 2.45) is 5.92 Å². The van der Waals surface area contributed by atoms with Crippen LogP contribution in [-0.2, 0) is 9.47 Å². The van der Waals surface area contributed by atoms with Gasteiger partial charge >= 0.3 is 0 Å². The summed E-state index contributed by atoms with van der Waals surface area (Å²) < 4.78 is 23.6. The van der Waals surface area contributed by atoms with Crippen molar-refractivity contribution in [3.05, 3.63) is 65.7 Å². The predicted molar refractivity (Wildman–Crippen MR) is 109 cm³/mol. The zero-order valence-electron chi connectivity index (χ0n) is 16.8. The smallest absolute Gasteiger partial charge is 0.214 e. The lowest BCUT2D eigenvalue weighted by Gasteiger charge is -2.49. The van der Waals surface area contributed by atoms with Gasteiger partial charge in [-0.15, -0.1) is 0 Å². The summed E-state index contributed by atoms with van der Waals surface area (Å²) >= 11 is 0. The molecule has 1 aliphatic carbocycles. The van der Waals surface area contributed by atoms with Crippen LogP contribution in [0.4, 0.5) is 0 Å². The molecule has 0 amide bonds. The highest BCUT2D eigenvalue weighted by Gasteiger charge is 2.50. The second-order valence-electron chi connectivity index (χ2n) is 7.51. The lowest BCUT2D eigenvalue weighted by molar-refractivity contribution is -0.240. The maximum atomic E-state index is 6.55. The molecule has 3 atom stereocenters. The fraction of sp³-hybridized carbons (Fsp3) is 0.417. The Hall–Kier alpha value is -2.46. The lowest BCUT2D eigenvalue weighted by atomic mass is 9.71. The van der Waals surface area contributed by atoms with Crippen LogP contribution in [0.3, 0.4) is 0 Å². The molecule has 0 bridgehead atoms. The van der Waals surface area contributed by atoms with Crippen molar-refractivity contribution in [2.45, 2.75) is 37.4 Å². The second-order valence-corrected chi connectivity index (χ2v) is 7.51. The molecule has 2 aliphatic rings. The molecule has 2 aromatic rings. The van der Waals surface area contributed by atoms with Crippen LogP contribution in [-0.4, -0.2) is 27.1 Å². The van der Waals surface area contributed by atoms with Gasteiger partial charge in [-0.3, -0.25) is 0 Å². The second kappa shape index (κ2) is 7.88. The minimum Gasteiger partial charge on any atom is -0.493 e. The fourth-order valence-electron chi connectivity index (χ4n) is 4.66. The van der Waals surface area contributed by atoms with E-state index in [0.29, 0.717) is 0 Å². The zero-order chi connectivity index (χ0) is 19.6. The van der Waals surface area contributed by atoms with Crippen molar-refractivity contribution >= 4 is 5.76 Å². The van der Waals surface area contributed by atoms with Gasteiger partial charge in [-0.25, -0.2) is 0 Å². The van der Waals surface area contributed by atoms with Crippen LogP contribution in [0, 0.1) is 5.92 Å². The molecule has 2 aromatic carbocycles. The van der Waals surface area contributed by atoms with E-state index in [2.05, 4.69) is 30.3 Å². The molecule has 0 saturated heterocycles. The summed E-state index contributed by atoms with van der Waals surface area (Å²) in [5, 5.41) is 0. The number of allylic oxidation sites excluding steroid dienone is 1. The molecule has 28 heavy (non-hydrogen) atoms. The van der Waals surface area contributed by atoms with E-state index in [1.807, 2.05) is 24.3 Å². The van der Waals surface area contributed by atoms with Crippen LogP contribution in [0.5, 0.6) is 11.5 Å². The van der Waals surface area contributed by atoms with Crippen molar-refractivity contribution in [3.8, 4) is 11.5 Å². The third-order valence-corrected chi connectivity index (χ3v) is 6.10. The van der Waals surface area contributed by atoms with Gasteiger partial charge < -0.3 is 18.9 Å². The third-order valence-electron chi connectivity index (χ3n) is 6.10. The van der Waals surface area contributed by atoms with Gasteiger partial charge in [0.25, 0.3) is 0 Å². The molecular weight excluding hydrogens is 352 g/mol. The van der Waals surface area contributed by atoms with Gasteiger partial charge in [0, 0.05) is 30.9 Å². The first-order valence-electron chi connectivity index (χ1n) is 9.94. The molecule has 148 valence electrons. The van der Waals surface area contributed by atoms with Gasteiger partial charge in [-0.1, -0.05) is 42.8 Å². The van der Waals surface area contributed by atoms with Gasteiger partial charge in [-0.2, -0.15) is 0 Å². The number of rotatable bonds is 5. The summed E-state index contributed by atoms with van der Waals surface area (Å²) in [7, 11) is 5.12. The number of fused-ring (bicyclic) bond motifs is 1. The van der Waals surface area contributed by atoms with E-state index in [-0.39, 0.29) is 11.8 Å². The van der Waals surface area contributed by atoms with Gasteiger partial charge in [-0.05, 0) is 36.6 Å². The van der Waals surface area contributed by atoms with Crippen LogP contribution in [0.15, 0.2) is 54.6 Å². The Morgan fingerprint density at radius 1 is 0.929 bits per heavy atom. The summed E-state index contributed by atoms with van der Waals surface area (Å²) in [6.07, 6.45) is 6.54. The minimum atomic E-state index is -0.587. The highest BCUT2D eigenvalue weighted by atomic mass is 16.7. The van der Waals surface area contributed by atoms with Crippen molar-refractivity contribution in [1.29, 1.82) is 0 Å². The fourth-order valence-corrected chi connectivity index (χ4v) is 4.66. The van der Waals surface area contributed by atoms with E-state index in [1.165, 1.54) is 12.0 Å². The van der Waals surface area contributed by atoms with E-state index in [4.69, 9.17) is 18.9 Å². The molecular formula is C24H28O4. The van der Waals surface area contributed by atoms with Crippen molar-refractivity contribution in [3.63, 3.8) is 0 Å². The van der Waals surface area contributed by atoms with Gasteiger partial charge in [0.15, 0.2) is 11.5 Å². The molecule has 1 heterocycles. The van der Waals surface area contributed by atoms with E-state index in [9.17, 15) is 0 Å². The molecule has 1 saturated carbocycles. The standard InChI is InChI=1S/C24H28O4/c1-25-21-13-12-18(15-23(21)26-2)19-16-22(17-9-5-4-6-10-17)28-24(27-3)14-8-7-11-20(19)24/h4-6,9-10,12-13,15-16,19-20H,7-8,11,14H2,1-3H3. The van der Waals surface area contributed by atoms with Crippen LogP contribution in [0.2, 0.25) is 0 Å². The highest BCUT2D eigenvalue weighted by Crippen LogP contribution is 2.52. The Balaban J connectivity index is 1.82. The highest BCUT2D eigenvalue weighted by molar-refractivity contribution is 5.63. The zero-order valence-corrected chi connectivity index (χ0v) is 16.8. The van der Waals surface area contributed by atoms with Crippen LogP contribution in [0.1, 0.15) is 42.7 Å². The van der Waals surface area contributed by atoms with Crippen LogP contribution >= 0.6 is 0 Å². The molecule has 4 heteroatoms. The number of ether oxygens (including phenoxy) is 4. The summed E-state index contributed by atoms with van der Waals surface area (Å²) in [5.74, 6) is 2.24. The molecule has 0 radical (unpaired) electrons. The molecule has 3 unspecified atom stereocenters.